The number of nitrogens with one attached hydrogen (secondary N) is 1. The molecule has 1 fully saturated rings. The van der Waals surface area contributed by atoms with Gasteiger partial charge < -0.3 is 38.8 Å². The van der Waals surface area contributed by atoms with E-state index >= 15 is 0 Å². The zero-order chi connectivity index (χ0) is 18.1. The average Bonchev–Trinajstić information content (AvgIpc) is 2.75. The van der Waals surface area contributed by atoms with Gasteiger partial charge in [-0.3, -0.25) is 14.2 Å². The zero-order valence-corrected chi connectivity index (χ0v) is 22.5. The van der Waals surface area contributed by atoms with Gasteiger partial charge in [0.05, 0.1) is 26.5 Å². The van der Waals surface area contributed by atoms with Crippen LogP contribution < -0.4 is 109 Å². The second kappa shape index (κ2) is 12.7. The summed E-state index contributed by atoms with van der Waals surface area (Å²) in [4.78, 5) is 33.1. The maximum absolute atomic E-state index is 11.6. The second-order valence-electron chi connectivity index (χ2n) is 4.73. The van der Waals surface area contributed by atoms with Gasteiger partial charge in [0.15, 0.2) is 0 Å². The van der Waals surface area contributed by atoms with Gasteiger partial charge in [-0.1, -0.05) is 0 Å². The molecule has 2 rings (SSSR count). The Balaban J connectivity index is 0. The number of aromatic nitrogens is 2. The first-order valence-corrected chi connectivity index (χ1v) is 9.27. The summed E-state index contributed by atoms with van der Waals surface area (Å²) in [5, 5.41) is 28.7. The van der Waals surface area contributed by atoms with Gasteiger partial charge in [0.1, 0.15) is 17.8 Å². The number of nitrogens with zero attached hydrogens (tertiary/aromatic N) is 2. The molecule has 3 N–H and O–H groups in total. The van der Waals surface area contributed by atoms with Crippen LogP contribution in [0, 0.1) is 5.41 Å². The minimum atomic E-state index is -5.75. The molecule has 1 aliphatic heterocycles. The van der Waals surface area contributed by atoms with Crippen LogP contribution in [0.2, 0.25) is 0 Å². The standard InChI is InChI=1S/C9H15N3O10P2.3Na/c10-7-1-2-12(9(14)11-7)8-3-5(13)6(21-8)4-20-24(18,19)22-23(15,16)17;;;/h1-2,5-6,8,13H,3-4H2,(H,18,19)(H2,10,11,14)(H2,15,16,17);;;/q;3*+1/p-3/t5-,6+,8+;;;/m0.../s1. The summed E-state index contributed by atoms with van der Waals surface area (Å²) in [5.41, 5.74) is -0.257. The van der Waals surface area contributed by atoms with E-state index in [1.54, 1.807) is 0 Å². The van der Waals surface area contributed by atoms with Gasteiger partial charge in [0.2, 0.25) is 0 Å². The summed E-state index contributed by atoms with van der Waals surface area (Å²) in [6, 6.07) is 0.424. The molecule has 1 saturated heterocycles. The van der Waals surface area contributed by atoms with Crippen LogP contribution in [0.4, 0.5) is 0 Å². The molecule has 1 aromatic heterocycles. The fraction of sp³-hybridized carbons (Fsp3) is 0.556. The predicted molar refractivity (Wildman–Crippen MR) is 66.5 cm³/mol. The molecule has 1 unspecified atom stereocenters. The third-order valence-electron chi connectivity index (χ3n) is 2.95. The van der Waals surface area contributed by atoms with Crippen LogP contribution in [0.3, 0.4) is 0 Å². The Bertz CT molecular complexity index is 761. The van der Waals surface area contributed by atoms with Crippen LogP contribution in [-0.4, -0.2) is 38.4 Å². The average molecular weight is 453 g/mol. The van der Waals surface area contributed by atoms with Crippen LogP contribution in [0.25, 0.3) is 0 Å². The normalized spacial score (nSPS) is 24.1. The molecular formula is C9H12N3Na3O10P2. The van der Waals surface area contributed by atoms with Crippen LogP contribution in [0.15, 0.2) is 12.3 Å². The first-order valence-electron chi connectivity index (χ1n) is 6.32. The molecule has 0 bridgehead atoms. The molecule has 0 aromatic carbocycles. The Labute approximate surface area is 219 Å². The van der Waals surface area contributed by atoms with Gasteiger partial charge >= 0.3 is 96.5 Å². The molecule has 18 heteroatoms. The van der Waals surface area contributed by atoms with Gasteiger partial charge in [-0.15, -0.1) is 0 Å². The number of hydrogen-bond acceptors (Lipinski definition) is 11. The molecule has 1 aliphatic rings. The Morgan fingerprint density at radius 1 is 1.37 bits per heavy atom. The summed E-state index contributed by atoms with van der Waals surface area (Å²) < 4.78 is 35.5. The number of aliphatic hydroxyl groups excluding tert-OH is 1. The Kier molecular flexibility index (Phi) is 14.5. The van der Waals surface area contributed by atoms with Crippen LogP contribution in [0.1, 0.15) is 12.6 Å². The molecular weight excluding hydrogens is 441 g/mol. The van der Waals surface area contributed by atoms with E-state index in [0.717, 1.165) is 4.57 Å². The largest absolute Gasteiger partial charge is 1.00 e. The molecule has 136 valence electrons. The van der Waals surface area contributed by atoms with Crippen LogP contribution in [-0.2, 0) is 22.7 Å². The summed E-state index contributed by atoms with van der Waals surface area (Å²) in [7, 11) is -10.9. The van der Waals surface area contributed by atoms with Crippen molar-refractivity contribution >= 4 is 15.6 Å². The summed E-state index contributed by atoms with van der Waals surface area (Å²) in [6.45, 7) is -0.774. The fourth-order valence-corrected chi connectivity index (χ4v) is 3.52. The molecule has 0 amide bonds. The SMILES string of the molecule is N=c1ccn([C@H]2C[C@H](O)[C@@H](COP(=O)(O)OP(=O)([O-])[O-])O2)c([O-])n1.[Na+].[Na+].[Na+]. The maximum Gasteiger partial charge on any atom is 1.00 e. The van der Waals surface area contributed by atoms with Gasteiger partial charge in [-0.2, -0.15) is 0 Å². The summed E-state index contributed by atoms with van der Waals surface area (Å²) in [5.74, 6) is 0. The van der Waals surface area contributed by atoms with E-state index in [-0.39, 0.29) is 101 Å². The van der Waals surface area contributed by atoms with E-state index in [1.165, 1.54) is 12.3 Å². The molecule has 1 aromatic rings. The molecule has 2 heterocycles. The topological polar surface area (TPSA) is 213 Å². The molecule has 0 spiro atoms. The Morgan fingerprint density at radius 2 is 1.96 bits per heavy atom. The Hall–Kier alpha value is 1.86. The van der Waals surface area contributed by atoms with Crippen molar-refractivity contribution in [3.8, 4) is 6.01 Å². The Morgan fingerprint density at radius 3 is 2.48 bits per heavy atom. The number of hydrogen-bond donors (Lipinski definition) is 3. The number of phosphoric ester groups is 1. The quantitative estimate of drug-likeness (QED) is 0.272. The first kappa shape index (κ1) is 31.0. The molecule has 0 saturated carbocycles. The number of rotatable bonds is 6. The number of aliphatic hydroxyl groups is 1. The van der Waals surface area contributed by atoms with Crippen molar-refractivity contribution < 1.29 is 136 Å². The number of phosphoric acid groups is 2. The van der Waals surface area contributed by atoms with Gasteiger partial charge in [-0.25, -0.2) is 9.55 Å². The summed E-state index contributed by atoms with van der Waals surface area (Å²) >= 11 is 0. The smallest absolute Gasteiger partial charge is 0.846 e. The maximum atomic E-state index is 11.6. The third-order valence-corrected chi connectivity index (χ3v) is 5.05. The van der Waals surface area contributed by atoms with E-state index in [4.69, 9.17) is 15.0 Å². The van der Waals surface area contributed by atoms with Crippen molar-refractivity contribution in [3.63, 3.8) is 0 Å². The minimum Gasteiger partial charge on any atom is -0.846 e. The van der Waals surface area contributed by atoms with Gasteiger partial charge in [0.25, 0.3) is 0 Å². The van der Waals surface area contributed by atoms with E-state index in [9.17, 15) is 29.1 Å². The predicted octanol–water partition coefficient (Wildman–Crippen LogP) is -11.9. The van der Waals surface area contributed by atoms with E-state index in [0.29, 0.717) is 0 Å². The molecule has 13 nitrogen and oxygen atoms in total. The zero-order valence-electron chi connectivity index (χ0n) is 14.8. The second-order valence-corrected chi connectivity index (χ2v) is 7.47. The number of ether oxygens (including phenoxy) is 1. The van der Waals surface area contributed by atoms with Crippen molar-refractivity contribution in [2.75, 3.05) is 6.61 Å². The van der Waals surface area contributed by atoms with Crippen molar-refractivity contribution in [2.24, 2.45) is 0 Å². The fourth-order valence-electron chi connectivity index (χ4n) is 1.99. The van der Waals surface area contributed by atoms with Gasteiger partial charge in [0, 0.05) is 12.6 Å². The van der Waals surface area contributed by atoms with Crippen molar-refractivity contribution in [1.29, 1.82) is 5.41 Å². The third kappa shape index (κ3) is 10.1. The van der Waals surface area contributed by atoms with Crippen LogP contribution >= 0.6 is 15.6 Å². The van der Waals surface area contributed by atoms with Crippen molar-refractivity contribution in [1.82, 2.24) is 9.55 Å². The van der Waals surface area contributed by atoms with Crippen LogP contribution in [0.5, 0.6) is 6.01 Å². The van der Waals surface area contributed by atoms with Crippen molar-refractivity contribution in [2.45, 2.75) is 24.9 Å². The summed E-state index contributed by atoms with van der Waals surface area (Å²) in [6.07, 6.45) is -2.25. The minimum absolute atomic E-state index is 0. The molecule has 0 radical (unpaired) electrons. The monoisotopic (exact) mass is 453 g/mol. The molecule has 27 heavy (non-hydrogen) atoms. The van der Waals surface area contributed by atoms with Gasteiger partial charge in [-0.05, 0) is 6.07 Å². The van der Waals surface area contributed by atoms with E-state index in [1.807, 2.05) is 0 Å². The first-order chi connectivity index (χ1) is 11.0. The van der Waals surface area contributed by atoms with E-state index < -0.39 is 46.7 Å². The van der Waals surface area contributed by atoms with Crippen molar-refractivity contribution in [3.05, 3.63) is 17.8 Å². The van der Waals surface area contributed by atoms with E-state index in [2.05, 4.69) is 13.8 Å². The molecule has 4 atom stereocenters. The molecule has 0 aliphatic carbocycles.